The quantitative estimate of drug-likeness (QED) is 0.244. The van der Waals surface area contributed by atoms with Gasteiger partial charge in [-0.1, -0.05) is 0 Å². The molecule has 3 heteroatoms. The Morgan fingerprint density at radius 2 is 1.63 bits per heavy atom. The van der Waals surface area contributed by atoms with Gasteiger partial charge >= 0.3 is 186 Å². The molecular formula is C27H27GeNS. The normalized spacial score (nSPS) is 12.5. The van der Waals surface area contributed by atoms with Crippen molar-refractivity contribution in [3.05, 3.63) is 72.4 Å². The predicted octanol–water partition coefficient (Wildman–Crippen LogP) is 7.94. The van der Waals surface area contributed by atoms with Crippen molar-refractivity contribution in [2.75, 3.05) is 0 Å². The van der Waals surface area contributed by atoms with Gasteiger partial charge in [0.25, 0.3) is 0 Å². The molecule has 0 aliphatic rings. The number of hydrogen-bond acceptors (Lipinski definition) is 2. The third-order valence-electron chi connectivity index (χ3n) is 6.01. The minimum absolute atomic E-state index is 0.467. The number of hydrogen-bond donors (Lipinski definition) is 0. The number of pyridine rings is 1. The van der Waals surface area contributed by atoms with Gasteiger partial charge in [0.05, 0.1) is 0 Å². The summed E-state index contributed by atoms with van der Waals surface area (Å²) in [4.78, 5) is 4.92. The minimum atomic E-state index is -1.97. The molecule has 0 atom stereocenters. The first-order chi connectivity index (χ1) is 14.3. The van der Waals surface area contributed by atoms with Crippen molar-refractivity contribution in [1.29, 1.82) is 0 Å². The molecule has 150 valence electrons. The Kier molecular flexibility index (Phi) is 4.75. The molecule has 0 amide bonds. The van der Waals surface area contributed by atoms with E-state index >= 15 is 0 Å². The average Bonchev–Trinajstić information content (AvgIpc) is 3.10. The van der Waals surface area contributed by atoms with Gasteiger partial charge < -0.3 is 0 Å². The number of nitrogens with zero attached hydrogens (tertiary/aromatic N) is 1. The number of aromatic nitrogens is 1. The van der Waals surface area contributed by atoms with Crippen molar-refractivity contribution >= 4 is 59.9 Å². The van der Waals surface area contributed by atoms with Crippen molar-refractivity contribution in [3.8, 4) is 11.3 Å². The van der Waals surface area contributed by atoms with Crippen LogP contribution in [0.25, 0.3) is 42.2 Å². The average molecular weight is 470 g/mol. The molecule has 0 fully saturated rings. The van der Waals surface area contributed by atoms with Gasteiger partial charge in [0, 0.05) is 0 Å². The molecule has 0 saturated carbocycles. The Morgan fingerprint density at radius 1 is 0.867 bits per heavy atom. The van der Waals surface area contributed by atoms with Crippen LogP contribution < -0.4 is 4.40 Å². The molecule has 0 aliphatic heterocycles. The Labute approximate surface area is 185 Å². The van der Waals surface area contributed by atoms with E-state index in [1.807, 2.05) is 17.5 Å². The van der Waals surface area contributed by atoms with Crippen LogP contribution in [0.15, 0.2) is 66.9 Å². The first kappa shape index (κ1) is 19.8. The molecule has 5 aromatic rings. The first-order valence-electron chi connectivity index (χ1n) is 10.7. The van der Waals surface area contributed by atoms with E-state index < -0.39 is 13.3 Å². The fourth-order valence-corrected chi connectivity index (χ4v) is 10.5. The number of thiophene rings is 1. The van der Waals surface area contributed by atoms with E-state index in [2.05, 4.69) is 91.8 Å². The van der Waals surface area contributed by atoms with Gasteiger partial charge in [0.1, 0.15) is 0 Å². The van der Waals surface area contributed by atoms with Crippen molar-refractivity contribution in [1.82, 2.24) is 4.98 Å². The van der Waals surface area contributed by atoms with Gasteiger partial charge in [0.2, 0.25) is 0 Å². The molecule has 0 spiro atoms. The molecule has 5 rings (SSSR count). The van der Waals surface area contributed by atoms with Crippen LogP contribution in [-0.2, 0) is 0 Å². The Morgan fingerprint density at radius 3 is 2.40 bits per heavy atom. The van der Waals surface area contributed by atoms with Crippen LogP contribution in [0, 0.1) is 0 Å². The van der Waals surface area contributed by atoms with Crippen LogP contribution in [0.5, 0.6) is 0 Å². The summed E-state index contributed by atoms with van der Waals surface area (Å²) < 4.78 is 4.41. The zero-order chi connectivity index (χ0) is 21.0. The third kappa shape index (κ3) is 3.18. The maximum absolute atomic E-state index is 4.92. The predicted molar refractivity (Wildman–Crippen MR) is 137 cm³/mol. The Bertz CT molecular complexity index is 1410. The fourth-order valence-electron chi connectivity index (χ4n) is 4.51. The summed E-state index contributed by atoms with van der Waals surface area (Å²) in [6.07, 6.45) is 1.98. The molecule has 3 aromatic carbocycles. The molecule has 2 heterocycles. The van der Waals surface area contributed by atoms with E-state index in [9.17, 15) is 0 Å². The first-order valence-corrected chi connectivity index (χ1v) is 18.8. The topological polar surface area (TPSA) is 12.9 Å². The SMILES string of the molecule is CC(C)c1cc(-c2nccc3sc4[c]([Ge]([CH3])([CH3])[CH3])cccc4c23)cc2ccccc12. The summed E-state index contributed by atoms with van der Waals surface area (Å²) >= 11 is -0.0215. The number of rotatable bonds is 3. The monoisotopic (exact) mass is 471 g/mol. The molecule has 0 unspecified atom stereocenters. The second-order valence-electron chi connectivity index (χ2n) is 9.51. The van der Waals surface area contributed by atoms with Crippen LogP contribution in [0.3, 0.4) is 0 Å². The Balaban J connectivity index is 1.86. The summed E-state index contributed by atoms with van der Waals surface area (Å²) in [5, 5.41) is 5.33. The third-order valence-corrected chi connectivity index (χ3v) is 11.9. The second kappa shape index (κ2) is 7.21. The summed E-state index contributed by atoms with van der Waals surface area (Å²) in [5.41, 5.74) is 3.74. The summed E-state index contributed by atoms with van der Waals surface area (Å²) in [6.45, 7) is 4.56. The zero-order valence-electron chi connectivity index (χ0n) is 18.3. The molecule has 30 heavy (non-hydrogen) atoms. The summed E-state index contributed by atoms with van der Waals surface area (Å²) in [7, 11) is 0. The molecule has 1 nitrogen and oxygen atoms in total. The molecule has 0 radical (unpaired) electrons. The van der Waals surface area contributed by atoms with Crippen LogP contribution in [0.1, 0.15) is 25.3 Å². The standard InChI is InChI=1S/C27H27GeNS/c1-17(2)22-16-19(15-18-9-6-7-10-20(18)22)26-25-21-11-8-12-23(28(3,4)5)27(21)30-24(25)13-14-29-26/h6-17H,1-5H3. The van der Waals surface area contributed by atoms with Crippen LogP contribution in [-0.4, -0.2) is 18.3 Å². The molecule has 0 saturated heterocycles. The van der Waals surface area contributed by atoms with Gasteiger partial charge in [-0.25, -0.2) is 0 Å². The fraction of sp³-hybridized carbons (Fsp3) is 0.222. The van der Waals surface area contributed by atoms with E-state index in [4.69, 9.17) is 4.98 Å². The van der Waals surface area contributed by atoms with E-state index in [1.165, 1.54) is 42.1 Å². The van der Waals surface area contributed by atoms with Crippen LogP contribution >= 0.6 is 11.3 Å². The van der Waals surface area contributed by atoms with Crippen LogP contribution in [0.2, 0.25) is 17.3 Å². The van der Waals surface area contributed by atoms with Crippen molar-refractivity contribution in [3.63, 3.8) is 0 Å². The summed E-state index contributed by atoms with van der Waals surface area (Å²) in [6, 6.07) is 22.5. The van der Waals surface area contributed by atoms with Gasteiger partial charge in [0.15, 0.2) is 0 Å². The molecule has 2 aromatic heterocycles. The van der Waals surface area contributed by atoms with E-state index in [0.717, 1.165) is 5.69 Å². The second-order valence-corrected chi connectivity index (χ2v) is 21.1. The summed E-state index contributed by atoms with van der Waals surface area (Å²) in [5.74, 6) is 7.91. The van der Waals surface area contributed by atoms with E-state index in [1.54, 1.807) is 4.40 Å². The number of benzene rings is 3. The van der Waals surface area contributed by atoms with Gasteiger partial charge in [-0.2, -0.15) is 0 Å². The molecule has 0 bridgehead atoms. The van der Waals surface area contributed by atoms with E-state index in [-0.39, 0.29) is 0 Å². The molecule has 0 N–H and O–H groups in total. The Hall–Kier alpha value is -2.17. The van der Waals surface area contributed by atoms with Gasteiger partial charge in [-0.05, 0) is 0 Å². The maximum atomic E-state index is 4.92. The van der Waals surface area contributed by atoms with Crippen LogP contribution in [0.4, 0.5) is 0 Å². The van der Waals surface area contributed by atoms with Crippen molar-refractivity contribution in [2.24, 2.45) is 0 Å². The van der Waals surface area contributed by atoms with Gasteiger partial charge in [-0.15, -0.1) is 0 Å². The molecular weight excluding hydrogens is 443 g/mol. The number of fused-ring (bicyclic) bond motifs is 4. The van der Waals surface area contributed by atoms with Crippen molar-refractivity contribution < 1.29 is 0 Å². The zero-order valence-corrected chi connectivity index (χ0v) is 21.2. The molecule has 0 aliphatic carbocycles. The van der Waals surface area contributed by atoms with E-state index in [0.29, 0.717) is 5.92 Å². The van der Waals surface area contributed by atoms with Crippen molar-refractivity contribution in [2.45, 2.75) is 37.0 Å². The van der Waals surface area contributed by atoms with Gasteiger partial charge in [-0.3, -0.25) is 0 Å².